The highest BCUT2D eigenvalue weighted by molar-refractivity contribution is 7.09. The van der Waals surface area contributed by atoms with E-state index in [1.54, 1.807) is 16.6 Å². The Bertz CT molecular complexity index is 450. The lowest BCUT2D eigenvalue weighted by Crippen LogP contribution is -2.61. The van der Waals surface area contributed by atoms with Gasteiger partial charge in [-0.1, -0.05) is 20.8 Å². The molecule has 6 heteroatoms. The van der Waals surface area contributed by atoms with Crippen molar-refractivity contribution >= 4 is 23.2 Å². The number of aromatic nitrogens is 1. The number of piperazine rings is 1. The molecule has 1 aliphatic rings. The van der Waals surface area contributed by atoms with Crippen LogP contribution in [0.15, 0.2) is 11.7 Å². The molecule has 1 N–H and O–H groups in total. The molecule has 0 aromatic carbocycles. The van der Waals surface area contributed by atoms with E-state index in [2.05, 4.69) is 10.3 Å². The molecule has 0 radical (unpaired) electrons. The highest BCUT2D eigenvalue weighted by Crippen LogP contribution is 2.24. The minimum atomic E-state index is -0.452. The quantitative estimate of drug-likeness (QED) is 0.870. The van der Waals surface area contributed by atoms with Crippen LogP contribution >= 0.6 is 11.3 Å². The third-order valence-corrected chi connectivity index (χ3v) is 3.66. The van der Waals surface area contributed by atoms with Gasteiger partial charge in [0.25, 0.3) is 0 Å². The average molecular weight is 267 g/mol. The molecule has 98 valence electrons. The molecule has 0 spiro atoms. The number of thiazole rings is 1. The second-order valence-corrected chi connectivity index (χ2v) is 6.50. The van der Waals surface area contributed by atoms with Gasteiger partial charge in [-0.15, -0.1) is 11.3 Å². The zero-order valence-electron chi connectivity index (χ0n) is 10.8. The smallest absolute Gasteiger partial charge is 0.246 e. The summed E-state index contributed by atoms with van der Waals surface area (Å²) in [5, 5.41) is 2.77. The summed E-state index contributed by atoms with van der Waals surface area (Å²) in [6.45, 7) is 6.44. The second kappa shape index (κ2) is 4.68. The van der Waals surface area contributed by atoms with Gasteiger partial charge in [-0.2, -0.15) is 0 Å². The fourth-order valence-corrected chi connectivity index (χ4v) is 2.54. The van der Waals surface area contributed by atoms with E-state index < -0.39 is 6.04 Å². The van der Waals surface area contributed by atoms with Crippen molar-refractivity contribution in [2.24, 2.45) is 5.41 Å². The molecule has 0 aliphatic carbocycles. The van der Waals surface area contributed by atoms with Crippen LogP contribution in [0.5, 0.6) is 0 Å². The molecule has 1 unspecified atom stereocenters. The summed E-state index contributed by atoms with van der Waals surface area (Å²) in [6.07, 6.45) is 1.73. The summed E-state index contributed by atoms with van der Waals surface area (Å²) in [4.78, 5) is 30.6. The molecule has 0 saturated carbocycles. The summed E-state index contributed by atoms with van der Waals surface area (Å²) < 4.78 is 0. The van der Waals surface area contributed by atoms with Gasteiger partial charge in [0, 0.05) is 11.1 Å². The standard InChI is InChI=1S/C12H17N3O2S/c1-12(2,3)10-11(17)15(6-9(16)14-10)5-8-4-13-7-18-8/h4,7,10H,5-6H2,1-3H3,(H,14,16). The van der Waals surface area contributed by atoms with E-state index in [1.807, 2.05) is 20.8 Å². The van der Waals surface area contributed by atoms with Crippen molar-refractivity contribution in [3.05, 3.63) is 16.6 Å². The van der Waals surface area contributed by atoms with Crippen LogP contribution in [0.3, 0.4) is 0 Å². The number of carbonyl (C=O) groups is 2. The lowest BCUT2D eigenvalue weighted by atomic mass is 9.85. The van der Waals surface area contributed by atoms with Crippen LogP contribution in [-0.2, 0) is 16.1 Å². The number of nitrogens with one attached hydrogen (secondary N) is 1. The van der Waals surface area contributed by atoms with Crippen LogP contribution in [0.4, 0.5) is 0 Å². The first-order valence-electron chi connectivity index (χ1n) is 5.83. The maximum absolute atomic E-state index is 12.3. The Hall–Kier alpha value is -1.43. The van der Waals surface area contributed by atoms with Crippen LogP contribution in [0.1, 0.15) is 25.6 Å². The van der Waals surface area contributed by atoms with Gasteiger partial charge in [0.15, 0.2) is 0 Å². The van der Waals surface area contributed by atoms with Crippen molar-refractivity contribution < 1.29 is 9.59 Å². The van der Waals surface area contributed by atoms with Crippen LogP contribution in [0, 0.1) is 5.41 Å². The van der Waals surface area contributed by atoms with Crippen molar-refractivity contribution in [3.63, 3.8) is 0 Å². The van der Waals surface area contributed by atoms with Gasteiger partial charge in [0.2, 0.25) is 11.8 Å². The molecule has 2 heterocycles. The number of rotatable bonds is 2. The first-order valence-corrected chi connectivity index (χ1v) is 6.71. The van der Waals surface area contributed by atoms with Crippen LogP contribution in [-0.4, -0.2) is 34.3 Å². The van der Waals surface area contributed by atoms with E-state index in [0.717, 1.165) is 4.88 Å². The fourth-order valence-electron chi connectivity index (χ4n) is 1.93. The number of amides is 2. The van der Waals surface area contributed by atoms with E-state index in [1.165, 1.54) is 11.3 Å². The van der Waals surface area contributed by atoms with Crippen molar-refractivity contribution in [2.75, 3.05) is 6.54 Å². The summed E-state index contributed by atoms with van der Waals surface area (Å²) in [7, 11) is 0. The Morgan fingerprint density at radius 3 is 2.78 bits per heavy atom. The first-order chi connectivity index (χ1) is 8.38. The Morgan fingerprint density at radius 1 is 1.50 bits per heavy atom. The molecule has 18 heavy (non-hydrogen) atoms. The highest BCUT2D eigenvalue weighted by atomic mass is 32.1. The van der Waals surface area contributed by atoms with E-state index in [-0.39, 0.29) is 23.8 Å². The van der Waals surface area contributed by atoms with E-state index in [9.17, 15) is 9.59 Å². The molecule has 1 fully saturated rings. The van der Waals surface area contributed by atoms with Gasteiger partial charge in [0.05, 0.1) is 18.6 Å². The number of hydrogen-bond acceptors (Lipinski definition) is 4. The van der Waals surface area contributed by atoms with Gasteiger partial charge in [-0.05, 0) is 5.41 Å². The van der Waals surface area contributed by atoms with Gasteiger partial charge in [-0.3, -0.25) is 14.6 Å². The Morgan fingerprint density at radius 2 is 2.22 bits per heavy atom. The molecular weight excluding hydrogens is 250 g/mol. The normalized spacial score (nSPS) is 21.1. The van der Waals surface area contributed by atoms with Crippen molar-refractivity contribution in [2.45, 2.75) is 33.4 Å². The molecule has 0 bridgehead atoms. The average Bonchev–Trinajstić information content (AvgIpc) is 2.74. The third-order valence-electron chi connectivity index (χ3n) is 2.89. The van der Waals surface area contributed by atoms with Gasteiger partial charge >= 0.3 is 0 Å². The molecule has 1 saturated heterocycles. The number of carbonyl (C=O) groups excluding carboxylic acids is 2. The second-order valence-electron chi connectivity index (χ2n) is 5.53. The molecule has 1 atom stereocenters. The molecule has 5 nitrogen and oxygen atoms in total. The topological polar surface area (TPSA) is 62.3 Å². The van der Waals surface area contributed by atoms with E-state index in [4.69, 9.17) is 0 Å². The lowest BCUT2D eigenvalue weighted by molar-refractivity contribution is -0.147. The maximum Gasteiger partial charge on any atom is 0.246 e. The first kappa shape index (κ1) is 13.0. The summed E-state index contributed by atoms with van der Waals surface area (Å²) in [5.41, 5.74) is 1.45. The predicted molar refractivity (Wildman–Crippen MR) is 68.9 cm³/mol. The Labute approximate surface area is 110 Å². The minimum absolute atomic E-state index is 0.0181. The molecule has 1 aromatic heterocycles. The van der Waals surface area contributed by atoms with E-state index >= 15 is 0 Å². The van der Waals surface area contributed by atoms with Crippen LogP contribution < -0.4 is 5.32 Å². The largest absolute Gasteiger partial charge is 0.342 e. The van der Waals surface area contributed by atoms with Crippen LogP contribution in [0.25, 0.3) is 0 Å². The zero-order valence-corrected chi connectivity index (χ0v) is 11.6. The lowest BCUT2D eigenvalue weighted by Gasteiger charge is -2.38. The highest BCUT2D eigenvalue weighted by Gasteiger charge is 2.39. The summed E-state index contributed by atoms with van der Waals surface area (Å²) in [5.74, 6) is -0.116. The Kier molecular flexibility index (Phi) is 3.38. The van der Waals surface area contributed by atoms with Gasteiger partial charge in [-0.25, -0.2) is 0 Å². The van der Waals surface area contributed by atoms with Gasteiger partial charge in [0.1, 0.15) is 6.04 Å². The predicted octanol–water partition coefficient (Wildman–Crippen LogP) is 1.02. The molecular formula is C12H17N3O2S. The van der Waals surface area contributed by atoms with Gasteiger partial charge < -0.3 is 10.2 Å². The molecule has 1 aliphatic heterocycles. The maximum atomic E-state index is 12.3. The number of nitrogens with zero attached hydrogens (tertiary/aromatic N) is 2. The van der Waals surface area contributed by atoms with Crippen molar-refractivity contribution in [1.82, 2.24) is 15.2 Å². The Balaban J connectivity index is 2.15. The van der Waals surface area contributed by atoms with Crippen LogP contribution in [0.2, 0.25) is 0 Å². The molecule has 2 amide bonds. The summed E-state index contributed by atoms with van der Waals surface area (Å²) >= 11 is 1.49. The summed E-state index contributed by atoms with van der Waals surface area (Å²) in [6, 6.07) is -0.452. The monoisotopic (exact) mass is 267 g/mol. The van der Waals surface area contributed by atoms with E-state index in [0.29, 0.717) is 6.54 Å². The minimum Gasteiger partial charge on any atom is -0.342 e. The SMILES string of the molecule is CC(C)(C)C1NC(=O)CN(Cc2cncs2)C1=O. The number of hydrogen-bond donors (Lipinski definition) is 1. The third kappa shape index (κ3) is 2.69. The van der Waals surface area contributed by atoms with Crippen molar-refractivity contribution in [1.29, 1.82) is 0 Å². The fraction of sp³-hybridized carbons (Fsp3) is 0.583. The molecule has 1 aromatic rings. The zero-order chi connectivity index (χ0) is 13.3. The molecule has 2 rings (SSSR count). The van der Waals surface area contributed by atoms with Crippen molar-refractivity contribution in [3.8, 4) is 0 Å².